The van der Waals surface area contributed by atoms with Crippen LogP contribution in [0.5, 0.6) is 0 Å². The molecule has 1 aromatic rings. The molecular formula is C17H22N2O3. The Morgan fingerprint density at radius 3 is 2.95 bits per heavy atom. The van der Waals surface area contributed by atoms with Gasteiger partial charge in [0.25, 0.3) is 5.91 Å². The molecule has 1 atom stereocenters. The smallest absolute Gasteiger partial charge is 0.256 e. The van der Waals surface area contributed by atoms with Crippen LogP contribution in [0.4, 0.5) is 5.69 Å². The summed E-state index contributed by atoms with van der Waals surface area (Å²) in [6.07, 6.45) is 3.25. The lowest BCUT2D eigenvalue weighted by Gasteiger charge is -2.22. The average Bonchev–Trinajstić information content (AvgIpc) is 3.10. The number of carbonyl (C=O) groups excluding carboxylic acids is 2. The van der Waals surface area contributed by atoms with Crippen LogP contribution in [0.25, 0.3) is 0 Å². The van der Waals surface area contributed by atoms with E-state index in [1.165, 1.54) is 0 Å². The van der Waals surface area contributed by atoms with Gasteiger partial charge >= 0.3 is 0 Å². The summed E-state index contributed by atoms with van der Waals surface area (Å²) >= 11 is 0. The highest BCUT2D eigenvalue weighted by Gasteiger charge is 2.37. The van der Waals surface area contributed by atoms with E-state index in [1.54, 1.807) is 0 Å². The van der Waals surface area contributed by atoms with Gasteiger partial charge < -0.3 is 15.0 Å². The minimum absolute atomic E-state index is 0.0978. The summed E-state index contributed by atoms with van der Waals surface area (Å²) in [7, 11) is 0. The highest BCUT2D eigenvalue weighted by atomic mass is 16.5. The van der Waals surface area contributed by atoms with Gasteiger partial charge in [-0.1, -0.05) is 12.1 Å². The second-order valence-corrected chi connectivity index (χ2v) is 6.26. The largest absolute Gasteiger partial charge is 0.365 e. The van der Waals surface area contributed by atoms with Gasteiger partial charge in [-0.15, -0.1) is 0 Å². The van der Waals surface area contributed by atoms with Crippen molar-refractivity contribution in [3.8, 4) is 0 Å². The van der Waals surface area contributed by atoms with Gasteiger partial charge in [-0.3, -0.25) is 9.59 Å². The van der Waals surface area contributed by atoms with Crippen LogP contribution >= 0.6 is 0 Å². The Labute approximate surface area is 130 Å². The molecule has 2 heterocycles. The number of hydrogen-bond donors (Lipinski definition) is 1. The second kappa shape index (κ2) is 6.08. The van der Waals surface area contributed by atoms with E-state index >= 15 is 0 Å². The van der Waals surface area contributed by atoms with Gasteiger partial charge in [-0.25, -0.2) is 0 Å². The molecule has 2 fully saturated rings. The number of nitrogens with one attached hydrogen (secondary N) is 1. The SMILES string of the molecule is CC1(C(=O)Nc2cccc(CN3CCCC3=O)c2)CCCO1. The third-order valence-electron chi connectivity index (χ3n) is 4.43. The van der Waals surface area contributed by atoms with Crippen molar-refractivity contribution < 1.29 is 14.3 Å². The molecule has 118 valence electrons. The summed E-state index contributed by atoms with van der Waals surface area (Å²) in [6.45, 7) is 3.90. The molecule has 1 unspecified atom stereocenters. The predicted octanol–water partition coefficient (Wildman–Crippen LogP) is 2.32. The highest BCUT2D eigenvalue weighted by molar-refractivity contribution is 5.97. The zero-order valence-electron chi connectivity index (χ0n) is 12.9. The lowest BCUT2D eigenvalue weighted by Crippen LogP contribution is -2.39. The molecule has 0 aliphatic carbocycles. The maximum Gasteiger partial charge on any atom is 0.256 e. The van der Waals surface area contributed by atoms with Crippen molar-refractivity contribution in [2.24, 2.45) is 0 Å². The molecule has 1 aromatic carbocycles. The fourth-order valence-electron chi connectivity index (χ4n) is 3.06. The van der Waals surface area contributed by atoms with Gasteiger partial charge in [0.1, 0.15) is 5.60 Å². The molecule has 2 saturated heterocycles. The number of amides is 2. The predicted molar refractivity (Wildman–Crippen MR) is 83.3 cm³/mol. The zero-order chi connectivity index (χ0) is 15.6. The first kappa shape index (κ1) is 15.0. The normalized spacial score (nSPS) is 24.8. The molecule has 22 heavy (non-hydrogen) atoms. The van der Waals surface area contributed by atoms with Crippen LogP contribution in [0.1, 0.15) is 38.2 Å². The van der Waals surface area contributed by atoms with Crippen molar-refractivity contribution >= 4 is 17.5 Å². The Bertz CT molecular complexity index is 579. The summed E-state index contributed by atoms with van der Waals surface area (Å²) in [5.41, 5.74) is 1.07. The van der Waals surface area contributed by atoms with Gasteiger partial charge in [-0.2, -0.15) is 0 Å². The standard InChI is InChI=1S/C17H22N2O3/c1-17(8-4-10-22-17)16(21)18-14-6-2-5-13(11-14)12-19-9-3-7-15(19)20/h2,5-6,11H,3-4,7-10,12H2,1H3,(H,18,21). The first-order valence-electron chi connectivity index (χ1n) is 7.89. The van der Waals surface area contributed by atoms with E-state index in [-0.39, 0.29) is 11.8 Å². The van der Waals surface area contributed by atoms with E-state index < -0.39 is 5.60 Å². The van der Waals surface area contributed by atoms with E-state index in [1.807, 2.05) is 36.1 Å². The monoisotopic (exact) mass is 302 g/mol. The molecule has 0 aromatic heterocycles. The van der Waals surface area contributed by atoms with Crippen LogP contribution < -0.4 is 5.32 Å². The average molecular weight is 302 g/mol. The minimum atomic E-state index is -0.721. The molecule has 3 rings (SSSR count). The Morgan fingerprint density at radius 2 is 2.27 bits per heavy atom. The topological polar surface area (TPSA) is 58.6 Å². The van der Waals surface area contributed by atoms with Gasteiger partial charge in [0.05, 0.1) is 0 Å². The van der Waals surface area contributed by atoms with Gasteiger partial charge in [-0.05, 0) is 43.9 Å². The number of hydrogen-bond acceptors (Lipinski definition) is 3. The number of ether oxygens (including phenoxy) is 1. The Balaban J connectivity index is 1.66. The van der Waals surface area contributed by atoms with E-state index in [2.05, 4.69) is 5.32 Å². The van der Waals surface area contributed by atoms with Crippen molar-refractivity contribution in [3.63, 3.8) is 0 Å². The van der Waals surface area contributed by atoms with Crippen molar-refractivity contribution in [3.05, 3.63) is 29.8 Å². The lowest BCUT2D eigenvalue weighted by molar-refractivity contribution is -0.133. The third-order valence-corrected chi connectivity index (χ3v) is 4.43. The minimum Gasteiger partial charge on any atom is -0.365 e. The number of benzene rings is 1. The van der Waals surface area contributed by atoms with Gasteiger partial charge in [0, 0.05) is 31.8 Å². The van der Waals surface area contributed by atoms with Gasteiger partial charge in [0.15, 0.2) is 0 Å². The van der Waals surface area contributed by atoms with E-state index in [4.69, 9.17) is 4.74 Å². The van der Waals surface area contributed by atoms with Crippen LogP contribution in [0.3, 0.4) is 0 Å². The maximum absolute atomic E-state index is 12.3. The number of anilines is 1. The van der Waals surface area contributed by atoms with Crippen molar-refractivity contribution in [2.45, 2.75) is 44.8 Å². The summed E-state index contributed by atoms with van der Waals surface area (Å²) in [5, 5.41) is 2.93. The molecule has 2 amide bonds. The van der Waals surface area contributed by atoms with E-state index in [0.29, 0.717) is 19.6 Å². The van der Waals surface area contributed by atoms with Crippen LogP contribution in [-0.2, 0) is 20.9 Å². The second-order valence-electron chi connectivity index (χ2n) is 6.26. The Hall–Kier alpha value is -1.88. The first-order chi connectivity index (χ1) is 10.6. The zero-order valence-corrected chi connectivity index (χ0v) is 12.9. The molecule has 1 N–H and O–H groups in total. The summed E-state index contributed by atoms with van der Waals surface area (Å²) in [5.74, 6) is 0.112. The van der Waals surface area contributed by atoms with Crippen LogP contribution in [0, 0.1) is 0 Å². The lowest BCUT2D eigenvalue weighted by atomic mass is 10.0. The number of carbonyl (C=O) groups is 2. The molecule has 0 saturated carbocycles. The summed E-state index contributed by atoms with van der Waals surface area (Å²) in [4.78, 5) is 25.9. The number of likely N-dealkylation sites (tertiary alicyclic amines) is 1. The molecular weight excluding hydrogens is 280 g/mol. The molecule has 0 spiro atoms. The summed E-state index contributed by atoms with van der Waals surface area (Å²) in [6, 6.07) is 7.69. The molecule has 2 aliphatic heterocycles. The molecule has 5 heteroatoms. The third kappa shape index (κ3) is 3.14. The molecule has 0 bridgehead atoms. The molecule has 2 aliphatic rings. The Kier molecular flexibility index (Phi) is 4.16. The first-order valence-corrected chi connectivity index (χ1v) is 7.89. The van der Waals surface area contributed by atoms with Crippen molar-refractivity contribution in [1.82, 2.24) is 4.90 Å². The van der Waals surface area contributed by atoms with Crippen molar-refractivity contribution in [2.75, 3.05) is 18.5 Å². The summed E-state index contributed by atoms with van der Waals surface area (Å²) < 4.78 is 5.56. The highest BCUT2D eigenvalue weighted by Crippen LogP contribution is 2.27. The molecule has 5 nitrogen and oxygen atoms in total. The van der Waals surface area contributed by atoms with Crippen LogP contribution in [0.15, 0.2) is 24.3 Å². The van der Waals surface area contributed by atoms with Crippen molar-refractivity contribution in [1.29, 1.82) is 0 Å². The van der Waals surface area contributed by atoms with E-state index in [0.717, 1.165) is 37.1 Å². The quantitative estimate of drug-likeness (QED) is 0.928. The fourth-order valence-corrected chi connectivity index (χ4v) is 3.06. The molecule has 0 radical (unpaired) electrons. The number of rotatable bonds is 4. The maximum atomic E-state index is 12.3. The van der Waals surface area contributed by atoms with E-state index in [9.17, 15) is 9.59 Å². The van der Waals surface area contributed by atoms with Crippen LogP contribution in [-0.4, -0.2) is 35.5 Å². The Morgan fingerprint density at radius 1 is 1.41 bits per heavy atom. The fraction of sp³-hybridized carbons (Fsp3) is 0.529. The van der Waals surface area contributed by atoms with Gasteiger partial charge in [0.2, 0.25) is 5.91 Å². The van der Waals surface area contributed by atoms with Crippen LogP contribution in [0.2, 0.25) is 0 Å². The number of nitrogens with zero attached hydrogens (tertiary/aromatic N) is 1.